The molecule has 0 bridgehead atoms. The van der Waals surface area contributed by atoms with E-state index in [1.165, 1.54) is 19.2 Å². The van der Waals surface area contributed by atoms with Crippen LogP contribution in [0.1, 0.15) is 11.1 Å². The third-order valence-electron chi connectivity index (χ3n) is 4.90. The minimum absolute atomic E-state index is 0.105. The molecule has 0 amide bonds. The van der Waals surface area contributed by atoms with Crippen molar-refractivity contribution < 1.29 is 21.6 Å². The summed E-state index contributed by atoms with van der Waals surface area (Å²) in [5.74, 6) is -0.00614. The van der Waals surface area contributed by atoms with Crippen LogP contribution in [0.25, 0.3) is 0 Å². The van der Waals surface area contributed by atoms with Gasteiger partial charge in [0.25, 0.3) is 0 Å². The summed E-state index contributed by atoms with van der Waals surface area (Å²) in [6.45, 7) is 2.38. The zero-order valence-electron chi connectivity index (χ0n) is 15.3. The van der Waals surface area contributed by atoms with Gasteiger partial charge in [-0.2, -0.15) is 0 Å². The third kappa shape index (κ3) is 4.34. The van der Waals surface area contributed by atoms with Crippen molar-refractivity contribution in [3.8, 4) is 5.75 Å². The Morgan fingerprint density at radius 1 is 1.07 bits per heavy atom. The molecule has 8 heteroatoms. The number of nitrogens with one attached hydrogen (secondary N) is 1. The molecule has 1 saturated heterocycles. The lowest BCUT2D eigenvalue weighted by Crippen LogP contribution is -2.43. The van der Waals surface area contributed by atoms with Gasteiger partial charge in [-0.1, -0.05) is 24.3 Å². The van der Waals surface area contributed by atoms with Crippen LogP contribution < -0.4 is 10.1 Å². The lowest BCUT2D eigenvalue weighted by Gasteiger charge is -2.20. The molecule has 0 saturated carbocycles. The molecule has 1 heterocycles. The molecule has 1 aliphatic rings. The topological polar surface area (TPSA) is 89.5 Å². The minimum Gasteiger partial charge on any atom is -0.497 e. The van der Waals surface area contributed by atoms with Gasteiger partial charge in [0.1, 0.15) is 5.75 Å². The normalized spacial score (nSPS) is 21.9. The van der Waals surface area contributed by atoms with E-state index in [-0.39, 0.29) is 16.4 Å². The van der Waals surface area contributed by atoms with E-state index in [9.17, 15) is 16.8 Å². The SMILES string of the molecule is COc1ccc(S(=O)(=O)C2CS(=O)(=O)CC2NCc2ccccc2C)cc1. The monoisotopic (exact) mass is 409 g/mol. The maximum atomic E-state index is 13.1. The fourth-order valence-electron chi connectivity index (χ4n) is 3.30. The van der Waals surface area contributed by atoms with E-state index in [0.29, 0.717) is 12.3 Å². The zero-order valence-corrected chi connectivity index (χ0v) is 16.9. The second kappa shape index (κ2) is 7.61. The number of hydrogen-bond donors (Lipinski definition) is 1. The number of hydrogen-bond acceptors (Lipinski definition) is 6. The first-order chi connectivity index (χ1) is 12.7. The average molecular weight is 410 g/mol. The molecule has 6 nitrogen and oxygen atoms in total. The molecule has 1 aliphatic heterocycles. The van der Waals surface area contributed by atoms with E-state index in [1.54, 1.807) is 12.1 Å². The van der Waals surface area contributed by atoms with Gasteiger partial charge >= 0.3 is 0 Å². The summed E-state index contributed by atoms with van der Waals surface area (Å²) >= 11 is 0. The molecule has 2 aromatic rings. The van der Waals surface area contributed by atoms with Gasteiger partial charge in [0.05, 0.1) is 28.8 Å². The first-order valence-electron chi connectivity index (χ1n) is 8.59. The van der Waals surface area contributed by atoms with Gasteiger partial charge in [-0.3, -0.25) is 0 Å². The van der Waals surface area contributed by atoms with Crippen LogP contribution in [-0.2, 0) is 26.2 Å². The fraction of sp³-hybridized carbons (Fsp3) is 0.368. The highest BCUT2D eigenvalue weighted by Gasteiger charge is 2.45. The number of methoxy groups -OCH3 is 1. The van der Waals surface area contributed by atoms with E-state index in [4.69, 9.17) is 4.74 Å². The minimum atomic E-state index is -3.80. The van der Waals surface area contributed by atoms with Crippen molar-refractivity contribution in [3.05, 3.63) is 59.7 Å². The molecule has 2 atom stereocenters. The van der Waals surface area contributed by atoms with E-state index < -0.39 is 31.0 Å². The number of aryl methyl sites for hydroxylation is 1. The van der Waals surface area contributed by atoms with Crippen LogP contribution in [0.4, 0.5) is 0 Å². The van der Waals surface area contributed by atoms with Gasteiger partial charge in [-0.05, 0) is 42.3 Å². The van der Waals surface area contributed by atoms with Crippen molar-refractivity contribution >= 4 is 19.7 Å². The smallest absolute Gasteiger partial charge is 0.183 e. The van der Waals surface area contributed by atoms with Gasteiger partial charge in [0.2, 0.25) is 0 Å². The van der Waals surface area contributed by atoms with Gasteiger partial charge in [-0.15, -0.1) is 0 Å². The van der Waals surface area contributed by atoms with E-state index in [1.807, 2.05) is 31.2 Å². The van der Waals surface area contributed by atoms with Crippen molar-refractivity contribution in [1.29, 1.82) is 0 Å². The van der Waals surface area contributed by atoms with E-state index >= 15 is 0 Å². The summed E-state index contributed by atoms with van der Waals surface area (Å²) in [5, 5.41) is 2.15. The zero-order chi connectivity index (χ0) is 19.7. The highest BCUT2D eigenvalue weighted by molar-refractivity contribution is 7.96. The maximum absolute atomic E-state index is 13.1. The molecule has 0 aromatic heterocycles. The van der Waals surface area contributed by atoms with Gasteiger partial charge in [0.15, 0.2) is 19.7 Å². The van der Waals surface area contributed by atoms with Crippen LogP contribution >= 0.6 is 0 Å². The summed E-state index contributed by atoms with van der Waals surface area (Å²) in [6.07, 6.45) is 0. The predicted octanol–water partition coefficient (Wildman–Crippen LogP) is 1.73. The number of benzene rings is 2. The molecule has 2 unspecified atom stereocenters. The maximum Gasteiger partial charge on any atom is 0.183 e. The Labute approximate surface area is 160 Å². The first-order valence-corrected chi connectivity index (χ1v) is 12.0. The van der Waals surface area contributed by atoms with Crippen molar-refractivity contribution in [2.45, 2.75) is 29.7 Å². The molecule has 0 aliphatic carbocycles. The summed E-state index contributed by atoms with van der Waals surface area (Å²) < 4.78 is 55.6. The fourth-order valence-corrected chi connectivity index (χ4v) is 8.02. The molecule has 27 heavy (non-hydrogen) atoms. The average Bonchev–Trinajstić information content (AvgIpc) is 2.96. The highest BCUT2D eigenvalue weighted by atomic mass is 32.2. The standard InChI is InChI=1S/C19H23NO5S2/c1-14-5-3-4-6-15(14)11-20-18-12-26(21,22)13-19(18)27(23,24)17-9-7-16(25-2)8-10-17/h3-10,18-20H,11-13H2,1-2H3. The van der Waals surface area contributed by atoms with Gasteiger partial charge in [-0.25, -0.2) is 16.8 Å². The Bertz CT molecular complexity index is 1010. The van der Waals surface area contributed by atoms with Crippen LogP contribution in [0, 0.1) is 6.92 Å². The van der Waals surface area contributed by atoms with E-state index in [2.05, 4.69) is 5.32 Å². The summed E-state index contributed by atoms with van der Waals surface area (Å²) in [5.41, 5.74) is 2.09. The van der Waals surface area contributed by atoms with Gasteiger partial charge in [0, 0.05) is 12.6 Å². The number of sulfone groups is 2. The van der Waals surface area contributed by atoms with Crippen molar-refractivity contribution in [2.75, 3.05) is 18.6 Å². The predicted molar refractivity (Wildman–Crippen MR) is 104 cm³/mol. The van der Waals surface area contributed by atoms with Crippen molar-refractivity contribution in [3.63, 3.8) is 0 Å². The molecule has 0 spiro atoms. The molecule has 0 radical (unpaired) electrons. The molecule has 1 fully saturated rings. The summed E-state index contributed by atoms with van der Waals surface area (Å²) in [6, 6.07) is 13.1. The van der Waals surface area contributed by atoms with Crippen LogP contribution in [0.5, 0.6) is 5.75 Å². The van der Waals surface area contributed by atoms with E-state index in [0.717, 1.165) is 11.1 Å². The van der Waals surface area contributed by atoms with Crippen LogP contribution in [0.3, 0.4) is 0 Å². The largest absolute Gasteiger partial charge is 0.497 e. The molecule has 2 aromatic carbocycles. The van der Waals surface area contributed by atoms with Crippen molar-refractivity contribution in [2.24, 2.45) is 0 Å². The highest BCUT2D eigenvalue weighted by Crippen LogP contribution is 2.27. The Kier molecular flexibility index (Phi) is 5.60. The molecular weight excluding hydrogens is 386 g/mol. The summed E-state index contributed by atoms with van der Waals surface area (Å²) in [4.78, 5) is 0.105. The lowest BCUT2D eigenvalue weighted by molar-refractivity contribution is 0.414. The van der Waals surface area contributed by atoms with Crippen molar-refractivity contribution in [1.82, 2.24) is 5.32 Å². The Morgan fingerprint density at radius 3 is 2.37 bits per heavy atom. The Morgan fingerprint density at radius 2 is 1.74 bits per heavy atom. The number of ether oxygens (including phenoxy) is 1. The molecule has 146 valence electrons. The molecular formula is C19H23NO5S2. The Hall–Kier alpha value is -1.90. The first kappa shape index (κ1) is 19.9. The Balaban J connectivity index is 1.85. The van der Waals surface area contributed by atoms with Gasteiger partial charge < -0.3 is 10.1 Å². The quantitative estimate of drug-likeness (QED) is 0.782. The molecule has 3 rings (SSSR count). The third-order valence-corrected chi connectivity index (χ3v) is 9.07. The number of rotatable bonds is 6. The lowest BCUT2D eigenvalue weighted by atomic mass is 10.1. The van der Waals surface area contributed by atoms with Crippen LogP contribution in [0.15, 0.2) is 53.4 Å². The van der Waals surface area contributed by atoms with Crippen LogP contribution in [0.2, 0.25) is 0 Å². The second-order valence-corrected chi connectivity index (χ2v) is 11.1. The summed E-state index contributed by atoms with van der Waals surface area (Å²) in [7, 11) is -5.73. The molecule has 1 N–H and O–H groups in total. The van der Waals surface area contributed by atoms with Crippen LogP contribution in [-0.4, -0.2) is 46.7 Å². The second-order valence-electron chi connectivity index (χ2n) is 6.75.